The summed E-state index contributed by atoms with van der Waals surface area (Å²) < 4.78 is 32.4. The summed E-state index contributed by atoms with van der Waals surface area (Å²) in [7, 11) is 0. The van der Waals surface area contributed by atoms with E-state index >= 15 is 0 Å². The number of nitrogens with one attached hydrogen (secondary N) is 1. The van der Waals surface area contributed by atoms with Crippen molar-refractivity contribution in [3.8, 4) is 0 Å². The molecule has 0 fully saturated rings. The van der Waals surface area contributed by atoms with Gasteiger partial charge in [-0.15, -0.1) is 6.58 Å². The minimum atomic E-state index is -2.73. The molecule has 2 nitrogen and oxygen atoms in total. The SMILES string of the molecule is C=CCNCCCCCCOCCC1C=CC=CC1(F)F. The van der Waals surface area contributed by atoms with E-state index < -0.39 is 11.8 Å². The average molecular weight is 299 g/mol. The highest BCUT2D eigenvalue weighted by molar-refractivity contribution is 5.18. The van der Waals surface area contributed by atoms with Crippen molar-refractivity contribution >= 4 is 0 Å². The number of hydrogen-bond acceptors (Lipinski definition) is 2. The molecule has 4 heteroatoms. The Hall–Kier alpha value is -1.00. The first-order valence-electron chi connectivity index (χ1n) is 7.80. The van der Waals surface area contributed by atoms with Crippen molar-refractivity contribution in [1.29, 1.82) is 0 Å². The molecule has 0 saturated carbocycles. The molecule has 1 unspecified atom stereocenters. The third-order valence-electron chi connectivity index (χ3n) is 3.52. The molecule has 1 N–H and O–H groups in total. The van der Waals surface area contributed by atoms with Crippen LogP contribution in [0.25, 0.3) is 0 Å². The van der Waals surface area contributed by atoms with Gasteiger partial charge in [0.15, 0.2) is 0 Å². The summed E-state index contributed by atoms with van der Waals surface area (Å²) in [5, 5.41) is 3.26. The maximum absolute atomic E-state index is 13.5. The maximum Gasteiger partial charge on any atom is 0.273 e. The first-order chi connectivity index (χ1) is 10.2. The third-order valence-corrected chi connectivity index (χ3v) is 3.52. The van der Waals surface area contributed by atoms with Crippen LogP contribution in [0.3, 0.4) is 0 Å². The summed E-state index contributed by atoms with van der Waals surface area (Å²) >= 11 is 0. The number of halogens is 2. The highest BCUT2D eigenvalue weighted by Gasteiger charge is 2.35. The zero-order valence-corrected chi connectivity index (χ0v) is 12.7. The number of unbranched alkanes of at least 4 members (excludes halogenated alkanes) is 3. The van der Waals surface area contributed by atoms with Gasteiger partial charge in [0.25, 0.3) is 5.92 Å². The smallest absolute Gasteiger partial charge is 0.273 e. The molecule has 0 amide bonds. The first kappa shape index (κ1) is 18.1. The lowest BCUT2D eigenvalue weighted by molar-refractivity contribution is -0.00638. The van der Waals surface area contributed by atoms with E-state index in [1.165, 1.54) is 12.5 Å². The quantitative estimate of drug-likeness (QED) is 0.432. The van der Waals surface area contributed by atoms with Crippen LogP contribution in [-0.4, -0.2) is 32.2 Å². The van der Waals surface area contributed by atoms with Crippen LogP contribution in [0.15, 0.2) is 37.0 Å². The molecule has 0 aromatic heterocycles. The van der Waals surface area contributed by atoms with Crippen molar-refractivity contribution in [2.45, 2.75) is 38.0 Å². The second kappa shape index (κ2) is 10.7. The van der Waals surface area contributed by atoms with Gasteiger partial charge in [-0.05, 0) is 31.9 Å². The van der Waals surface area contributed by atoms with Crippen molar-refractivity contribution in [3.63, 3.8) is 0 Å². The van der Waals surface area contributed by atoms with Gasteiger partial charge in [-0.3, -0.25) is 0 Å². The van der Waals surface area contributed by atoms with Gasteiger partial charge in [-0.1, -0.05) is 37.1 Å². The van der Waals surface area contributed by atoms with Gasteiger partial charge in [-0.25, -0.2) is 8.78 Å². The Morgan fingerprint density at radius 1 is 1.14 bits per heavy atom. The minimum absolute atomic E-state index is 0.374. The minimum Gasteiger partial charge on any atom is -0.381 e. The molecule has 0 aromatic rings. The van der Waals surface area contributed by atoms with Crippen molar-refractivity contribution in [2.75, 3.05) is 26.3 Å². The van der Waals surface area contributed by atoms with Crippen molar-refractivity contribution in [2.24, 2.45) is 5.92 Å². The summed E-state index contributed by atoms with van der Waals surface area (Å²) in [5.41, 5.74) is 0. The molecule has 1 aliphatic carbocycles. The van der Waals surface area contributed by atoms with Crippen LogP contribution in [0.5, 0.6) is 0 Å². The monoisotopic (exact) mass is 299 g/mol. The Morgan fingerprint density at radius 2 is 1.95 bits per heavy atom. The van der Waals surface area contributed by atoms with Crippen LogP contribution in [0.4, 0.5) is 8.78 Å². The van der Waals surface area contributed by atoms with E-state index in [0.29, 0.717) is 19.6 Å². The lowest BCUT2D eigenvalue weighted by Crippen LogP contribution is -2.27. The predicted molar refractivity (Wildman–Crippen MR) is 83.7 cm³/mol. The topological polar surface area (TPSA) is 21.3 Å². The van der Waals surface area contributed by atoms with Crippen LogP contribution < -0.4 is 5.32 Å². The molecule has 0 aliphatic heterocycles. The standard InChI is InChI=1S/C17H27F2NO/c1-2-12-20-13-7-3-4-8-14-21-15-10-16-9-5-6-11-17(16,18)19/h2,5-6,9,11,16,20H,1,3-4,7-8,10,12-15H2. The molecule has 0 saturated heterocycles. The summed E-state index contributed by atoms with van der Waals surface area (Å²) in [5.74, 6) is -3.45. The van der Waals surface area contributed by atoms with Crippen molar-refractivity contribution < 1.29 is 13.5 Å². The van der Waals surface area contributed by atoms with E-state index in [-0.39, 0.29) is 0 Å². The zero-order valence-electron chi connectivity index (χ0n) is 12.7. The van der Waals surface area contributed by atoms with Crippen LogP contribution >= 0.6 is 0 Å². The number of hydrogen-bond donors (Lipinski definition) is 1. The van der Waals surface area contributed by atoms with E-state index in [2.05, 4.69) is 11.9 Å². The number of alkyl halides is 2. The highest BCUT2D eigenvalue weighted by atomic mass is 19.3. The Kier molecular flexibility index (Phi) is 9.19. The first-order valence-corrected chi connectivity index (χ1v) is 7.80. The van der Waals surface area contributed by atoms with E-state index in [1.54, 1.807) is 12.2 Å². The molecule has 0 heterocycles. The van der Waals surface area contributed by atoms with E-state index in [4.69, 9.17) is 4.74 Å². The highest BCUT2D eigenvalue weighted by Crippen LogP contribution is 2.32. The Labute approximate surface area is 126 Å². The van der Waals surface area contributed by atoms with E-state index in [9.17, 15) is 8.78 Å². The van der Waals surface area contributed by atoms with Gasteiger partial charge in [0.2, 0.25) is 0 Å². The molecule has 1 atom stereocenters. The van der Waals surface area contributed by atoms with Crippen LogP contribution in [0, 0.1) is 5.92 Å². The molecule has 1 rings (SSSR count). The largest absolute Gasteiger partial charge is 0.381 e. The molecule has 0 bridgehead atoms. The number of ether oxygens (including phenoxy) is 1. The molecule has 1 aliphatic rings. The molecule has 21 heavy (non-hydrogen) atoms. The van der Waals surface area contributed by atoms with E-state index in [0.717, 1.165) is 38.4 Å². The summed E-state index contributed by atoms with van der Waals surface area (Å²) in [6.45, 7) is 6.59. The zero-order chi connectivity index (χ0) is 15.4. The maximum atomic E-state index is 13.5. The summed E-state index contributed by atoms with van der Waals surface area (Å²) in [6.07, 6.45) is 12.3. The molecular formula is C17H27F2NO. The van der Waals surface area contributed by atoms with Crippen LogP contribution in [0.1, 0.15) is 32.1 Å². The lowest BCUT2D eigenvalue weighted by Gasteiger charge is -2.23. The molecule has 0 spiro atoms. The fourth-order valence-corrected chi connectivity index (χ4v) is 2.25. The Bertz CT molecular complexity index is 340. The van der Waals surface area contributed by atoms with Gasteiger partial charge >= 0.3 is 0 Å². The fourth-order valence-electron chi connectivity index (χ4n) is 2.25. The lowest BCUT2D eigenvalue weighted by atomic mass is 9.94. The van der Waals surface area contributed by atoms with Crippen molar-refractivity contribution in [1.82, 2.24) is 5.32 Å². The molecule has 0 aromatic carbocycles. The predicted octanol–water partition coefficient (Wildman–Crippen LogP) is 4.11. The Morgan fingerprint density at radius 3 is 2.71 bits per heavy atom. The third kappa shape index (κ3) is 8.12. The number of allylic oxidation sites excluding steroid dienone is 4. The number of rotatable bonds is 12. The van der Waals surface area contributed by atoms with Gasteiger partial charge in [0.05, 0.1) is 0 Å². The molecule has 0 radical (unpaired) electrons. The van der Waals surface area contributed by atoms with Crippen LogP contribution in [0.2, 0.25) is 0 Å². The van der Waals surface area contributed by atoms with Gasteiger partial charge in [0, 0.05) is 25.7 Å². The van der Waals surface area contributed by atoms with Crippen LogP contribution in [-0.2, 0) is 4.74 Å². The van der Waals surface area contributed by atoms with E-state index in [1.807, 2.05) is 6.08 Å². The van der Waals surface area contributed by atoms with Gasteiger partial charge in [0.1, 0.15) is 0 Å². The second-order valence-electron chi connectivity index (χ2n) is 5.33. The average Bonchev–Trinajstić information content (AvgIpc) is 2.46. The molecule has 120 valence electrons. The summed E-state index contributed by atoms with van der Waals surface area (Å²) in [4.78, 5) is 0. The normalized spacial score (nSPS) is 19.8. The molecular weight excluding hydrogens is 272 g/mol. The second-order valence-corrected chi connectivity index (χ2v) is 5.33. The van der Waals surface area contributed by atoms with Gasteiger partial charge in [-0.2, -0.15) is 0 Å². The summed E-state index contributed by atoms with van der Waals surface area (Å²) in [6, 6.07) is 0. The van der Waals surface area contributed by atoms with Crippen molar-refractivity contribution in [3.05, 3.63) is 37.0 Å². The van der Waals surface area contributed by atoms with Gasteiger partial charge < -0.3 is 10.1 Å². The fraction of sp³-hybridized carbons (Fsp3) is 0.647. The Balaban J connectivity index is 1.90.